The van der Waals surface area contributed by atoms with E-state index in [1.54, 1.807) is 22.1 Å². The number of hydrogen-bond donors (Lipinski definition) is 1. The molecule has 3 heterocycles. The van der Waals surface area contributed by atoms with Crippen LogP contribution >= 0.6 is 0 Å². The zero-order chi connectivity index (χ0) is 16.4. The fraction of sp³-hybridized carbons (Fsp3) is 0.500. The average molecular weight is 316 g/mol. The van der Waals surface area contributed by atoms with Crippen molar-refractivity contribution in [1.82, 2.24) is 20.1 Å². The van der Waals surface area contributed by atoms with Gasteiger partial charge in [-0.1, -0.05) is 13.3 Å². The fourth-order valence-electron chi connectivity index (χ4n) is 3.06. The molecule has 1 aromatic rings. The summed E-state index contributed by atoms with van der Waals surface area (Å²) in [7, 11) is 0. The Hall–Kier alpha value is -2.44. The third-order valence-electron chi connectivity index (χ3n) is 4.27. The molecule has 7 nitrogen and oxygen atoms in total. The zero-order valence-electron chi connectivity index (χ0n) is 13.1. The molecular formula is C16H20N4O3. The van der Waals surface area contributed by atoms with E-state index >= 15 is 0 Å². The highest BCUT2D eigenvalue weighted by atomic mass is 16.2. The van der Waals surface area contributed by atoms with Crippen molar-refractivity contribution in [3.8, 4) is 0 Å². The topological polar surface area (TPSA) is 82.6 Å². The van der Waals surface area contributed by atoms with E-state index in [0.717, 1.165) is 18.5 Å². The summed E-state index contributed by atoms with van der Waals surface area (Å²) in [6.45, 7) is 3.19. The van der Waals surface area contributed by atoms with Gasteiger partial charge in [0.25, 0.3) is 5.91 Å². The second kappa shape index (κ2) is 6.36. The molecular weight excluding hydrogens is 296 g/mol. The normalized spacial score (nSPS) is 21.0. The van der Waals surface area contributed by atoms with Crippen LogP contribution < -0.4 is 5.32 Å². The molecule has 1 aromatic heterocycles. The summed E-state index contributed by atoms with van der Waals surface area (Å²) in [5.74, 6) is -0.394. The van der Waals surface area contributed by atoms with Gasteiger partial charge in [-0.05, 0) is 18.6 Å². The highest BCUT2D eigenvalue weighted by molar-refractivity contribution is 5.98. The number of rotatable bonds is 3. The van der Waals surface area contributed by atoms with Crippen molar-refractivity contribution in [3.05, 3.63) is 29.6 Å². The van der Waals surface area contributed by atoms with Crippen LogP contribution in [0.5, 0.6) is 0 Å². The number of piperazine rings is 2. The van der Waals surface area contributed by atoms with Crippen LogP contribution in [0.25, 0.3) is 0 Å². The van der Waals surface area contributed by atoms with Crippen LogP contribution in [0.15, 0.2) is 18.3 Å². The van der Waals surface area contributed by atoms with E-state index in [-0.39, 0.29) is 30.8 Å². The van der Waals surface area contributed by atoms with E-state index in [1.165, 1.54) is 0 Å². The van der Waals surface area contributed by atoms with E-state index in [0.29, 0.717) is 18.7 Å². The van der Waals surface area contributed by atoms with Gasteiger partial charge in [0.15, 0.2) is 0 Å². The first-order valence-corrected chi connectivity index (χ1v) is 7.91. The number of nitrogens with zero attached hydrogens (tertiary/aromatic N) is 3. The molecule has 0 bridgehead atoms. The lowest BCUT2D eigenvalue weighted by Crippen LogP contribution is -2.66. The molecule has 2 saturated heterocycles. The molecule has 0 aliphatic carbocycles. The first kappa shape index (κ1) is 15.5. The molecule has 122 valence electrons. The number of carbonyl (C=O) groups excluding carboxylic acids is 3. The average Bonchev–Trinajstić information content (AvgIpc) is 2.58. The summed E-state index contributed by atoms with van der Waals surface area (Å²) in [6.07, 6.45) is 3.44. The fourth-order valence-corrected chi connectivity index (χ4v) is 3.06. The molecule has 3 amide bonds. The van der Waals surface area contributed by atoms with Gasteiger partial charge >= 0.3 is 0 Å². The second-order valence-electron chi connectivity index (χ2n) is 5.86. The minimum absolute atomic E-state index is 0.0496. The number of pyridine rings is 1. The van der Waals surface area contributed by atoms with E-state index in [9.17, 15) is 14.4 Å². The van der Waals surface area contributed by atoms with Gasteiger partial charge in [-0.15, -0.1) is 0 Å². The summed E-state index contributed by atoms with van der Waals surface area (Å²) >= 11 is 0. The maximum atomic E-state index is 12.7. The van der Waals surface area contributed by atoms with Gasteiger partial charge in [0.2, 0.25) is 11.8 Å². The highest BCUT2D eigenvalue weighted by Crippen LogP contribution is 2.16. The smallest absolute Gasteiger partial charge is 0.254 e. The molecule has 23 heavy (non-hydrogen) atoms. The molecule has 0 spiro atoms. The molecule has 0 saturated carbocycles. The van der Waals surface area contributed by atoms with Crippen molar-refractivity contribution < 1.29 is 14.4 Å². The number of fused-ring (bicyclic) bond motifs is 1. The summed E-state index contributed by atoms with van der Waals surface area (Å²) < 4.78 is 0. The van der Waals surface area contributed by atoms with Gasteiger partial charge in [0.1, 0.15) is 6.04 Å². The predicted octanol–water partition coefficient (Wildman–Crippen LogP) is -0.183. The summed E-state index contributed by atoms with van der Waals surface area (Å²) in [5, 5.41) is 2.58. The number of nitrogens with one attached hydrogen (secondary N) is 1. The Morgan fingerprint density at radius 1 is 1.39 bits per heavy atom. The molecule has 0 aromatic carbocycles. The third kappa shape index (κ3) is 3.04. The molecule has 1 N–H and O–H groups in total. The lowest BCUT2D eigenvalue weighted by atomic mass is 10.1. The van der Waals surface area contributed by atoms with Gasteiger partial charge in [-0.3, -0.25) is 19.4 Å². The van der Waals surface area contributed by atoms with Gasteiger partial charge in [-0.25, -0.2) is 0 Å². The van der Waals surface area contributed by atoms with Crippen LogP contribution in [0, 0.1) is 0 Å². The van der Waals surface area contributed by atoms with Crippen LogP contribution in [0.4, 0.5) is 0 Å². The quantitative estimate of drug-likeness (QED) is 0.838. The highest BCUT2D eigenvalue weighted by Gasteiger charge is 2.39. The molecule has 2 fully saturated rings. The number of hydrogen-bond acceptors (Lipinski definition) is 4. The molecule has 2 aliphatic rings. The van der Waals surface area contributed by atoms with Crippen molar-refractivity contribution in [3.63, 3.8) is 0 Å². The van der Waals surface area contributed by atoms with Crippen LogP contribution in [0.3, 0.4) is 0 Å². The SMILES string of the molecule is CCCc1cc(C(=O)N2CCN3C(=O)CNC(=O)C3C2)ccn1. The predicted molar refractivity (Wildman–Crippen MR) is 82.6 cm³/mol. The van der Waals surface area contributed by atoms with E-state index in [1.807, 2.05) is 6.07 Å². The van der Waals surface area contributed by atoms with Gasteiger partial charge in [0, 0.05) is 30.5 Å². The largest absolute Gasteiger partial charge is 0.345 e. The first-order valence-electron chi connectivity index (χ1n) is 7.91. The van der Waals surface area contributed by atoms with Crippen molar-refractivity contribution in [2.24, 2.45) is 0 Å². The monoisotopic (exact) mass is 316 g/mol. The summed E-state index contributed by atoms with van der Waals surface area (Å²) in [4.78, 5) is 44.0. The maximum Gasteiger partial charge on any atom is 0.254 e. The van der Waals surface area contributed by atoms with Crippen LogP contribution in [0.2, 0.25) is 0 Å². The standard InChI is InChI=1S/C16H20N4O3/c1-2-3-12-8-11(4-5-17-12)16(23)19-6-7-20-13(10-19)15(22)18-9-14(20)21/h4-5,8,13H,2-3,6-7,9-10H2,1H3,(H,18,22). The maximum absolute atomic E-state index is 12.7. The van der Waals surface area contributed by atoms with Gasteiger partial charge in [-0.2, -0.15) is 0 Å². The van der Waals surface area contributed by atoms with Crippen LogP contribution in [-0.2, 0) is 16.0 Å². The Bertz CT molecular complexity index is 646. The number of carbonyl (C=O) groups is 3. The van der Waals surface area contributed by atoms with E-state index < -0.39 is 6.04 Å². The molecule has 0 radical (unpaired) electrons. The number of aromatic nitrogens is 1. The molecule has 7 heteroatoms. The summed E-state index contributed by atoms with van der Waals surface area (Å²) in [5.41, 5.74) is 1.47. The van der Waals surface area contributed by atoms with Crippen LogP contribution in [0.1, 0.15) is 29.4 Å². The molecule has 1 atom stereocenters. The minimum Gasteiger partial charge on any atom is -0.345 e. The second-order valence-corrected chi connectivity index (χ2v) is 5.86. The molecule has 2 aliphatic heterocycles. The Balaban J connectivity index is 1.75. The Kier molecular flexibility index (Phi) is 4.27. The number of aryl methyl sites for hydroxylation is 1. The van der Waals surface area contributed by atoms with Crippen molar-refractivity contribution >= 4 is 17.7 Å². The first-order chi connectivity index (χ1) is 11.1. The Morgan fingerprint density at radius 3 is 3.00 bits per heavy atom. The molecule has 1 unspecified atom stereocenters. The van der Waals surface area contributed by atoms with Crippen LogP contribution in [-0.4, -0.2) is 64.7 Å². The minimum atomic E-state index is -0.578. The third-order valence-corrected chi connectivity index (χ3v) is 4.27. The number of amides is 3. The lowest BCUT2D eigenvalue weighted by Gasteiger charge is -2.42. The van der Waals surface area contributed by atoms with Crippen molar-refractivity contribution in [2.45, 2.75) is 25.8 Å². The van der Waals surface area contributed by atoms with Crippen molar-refractivity contribution in [1.29, 1.82) is 0 Å². The Morgan fingerprint density at radius 2 is 2.22 bits per heavy atom. The lowest BCUT2D eigenvalue weighted by molar-refractivity contribution is -0.148. The Labute approximate surface area is 134 Å². The van der Waals surface area contributed by atoms with E-state index in [2.05, 4.69) is 17.2 Å². The van der Waals surface area contributed by atoms with Crippen molar-refractivity contribution in [2.75, 3.05) is 26.2 Å². The van der Waals surface area contributed by atoms with Gasteiger partial charge in [0.05, 0.1) is 13.1 Å². The molecule has 3 rings (SSSR count). The zero-order valence-corrected chi connectivity index (χ0v) is 13.1. The van der Waals surface area contributed by atoms with Gasteiger partial charge < -0.3 is 15.1 Å². The summed E-state index contributed by atoms with van der Waals surface area (Å²) in [6, 6.07) is 2.93. The van der Waals surface area contributed by atoms with E-state index in [4.69, 9.17) is 0 Å².